The van der Waals surface area contributed by atoms with Crippen LogP contribution in [0.1, 0.15) is 58.4 Å². The number of piperazine rings is 1. The zero-order valence-corrected chi connectivity index (χ0v) is 15.9. The number of amides is 4. The molecule has 0 aliphatic carbocycles. The van der Waals surface area contributed by atoms with Crippen molar-refractivity contribution >= 4 is 29.3 Å². The summed E-state index contributed by atoms with van der Waals surface area (Å²) in [6.07, 6.45) is -0.549. The lowest BCUT2D eigenvalue weighted by Crippen LogP contribution is -2.54. The number of nitrogens with one attached hydrogen (secondary N) is 1. The van der Waals surface area contributed by atoms with Crippen molar-refractivity contribution in [3.05, 3.63) is 28.8 Å². The molecule has 3 aliphatic heterocycles. The van der Waals surface area contributed by atoms with E-state index < -0.39 is 90.1 Å². The highest BCUT2D eigenvalue weighted by molar-refractivity contribution is 6.24. The Morgan fingerprint density at radius 3 is 2.37 bits per heavy atom. The van der Waals surface area contributed by atoms with E-state index in [1.54, 1.807) is 0 Å². The van der Waals surface area contributed by atoms with Crippen molar-refractivity contribution in [3.63, 3.8) is 0 Å². The van der Waals surface area contributed by atoms with Crippen molar-refractivity contribution in [3.8, 4) is 0 Å². The molecule has 0 saturated carbocycles. The van der Waals surface area contributed by atoms with Gasteiger partial charge < -0.3 is 4.90 Å². The van der Waals surface area contributed by atoms with Crippen LogP contribution in [0.25, 0.3) is 0 Å². The molecule has 3 aliphatic rings. The molecule has 0 radical (unpaired) electrons. The molecule has 0 bridgehead atoms. The Hall–Kier alpha value is -2.88. The van der Waals surface area contributed by atoms with E-state index in [9.17, 15) is 19.2 Å². The highest BCUT2D eigenvalue weighted by atomic mass is 19.1. The number of hydrogen-bond acceptors (Lipinski definition) is 6. The number of carbonyl (C=O) groups excluding carboxylic acids is 4. The van der Waals surface area contributed by atoms with Gasteiger partial charge in [0, 0.05) is 43.9 Å². The molecule has 4 rings (SSSR count). The van der Waals surface area contributed by atoms with Crippen molar-refractivity contribution < 1.29 is 38.9 Å². The maximum atomic E-state index is 16.0. The van der Waals surface area contributed by atoms with Gasteiger partial charge in [0.05, 0.1) is 16.6 Å². The minimum Gasteiger partial charge on any atom is -0.364 e. The number of imide groups is 2. The molecule has 1 aromatic carbocycles. The Labute approximate surface area is 183 Å². The Morgan fingerprint density at radius 1 is 1.10 bits per heavy atom. The predicted molar refractivity (Wildman–Crippen MR) is 102 cm³/mol. The van der Waals surface area contributed by atoms with E-state index in [0.29, 0.717) is 11.0 Å². The van der Waals surface area contributed by atoms with Gasteiger partial charge in [0.1, 0.15) is 17.5 Å². The average molecular weight is 428 g/mol. The lowest BCUT2D eigenvalue weighted by molar-refractivity contribution is -0.136. The number of anilines is 1. The van der Waals surface area contributed by atoms with Gasteiger partial charge in [0.15, 0.2) is 5.82 Å². The first-order valence-corrected chi connectivity index (χ1v) is 9.06. The van der Waals surface area contributed by atoms with Crippen molar-refractivity contribution in [1.29, 1.82) is 0 Å². The second kappa shape index (κ2) is 7.42. The van der Waals surface area contributed by atoms with Crippen LogP contribution in [0.4, 0.5) is 14.5 Å². The maximum absolute atomic E-state index is 16.0. The average Bonchev–Trinajstić information content (AvgIpc) is 2.99. The quantitative estimate of drug-likeness (QED) is 0.720. The van der Waals surface area contributed by atoms with Gasteiger partial charge in [-0.15, -0.1) is 0 Å². The standard InChI is InChI=1S/C20H22F2N4O4/c1-10(2)24-5-7-25(8-6-24)17-12(21)9-11-15(16(17)22)20(30)26(19(11)29)13-3-4-14(27)23-18(13)28/h9-10,13H,3-8H2,1-2H3,(H,23,27,28)/i5D2,6D2,7D2,8D2. The number of nitrogens with zero attached hydrogens (tertiary/aromatic N) is 3. The normalized spacial score (nSPS) is 33.4. The Kier molecular flexibility index (Phi) is 3.15. The summed E-state index contributed by atoms with van der Waals surface area (Å²) in [6, 6.07) is -2.32. The molecule has 30 heavy (non-hydrogen) atoms. The van der Waals surface area contributed by atoms with Gasteiger partial charge >= 0.3 is 0 Å². The first kappa shape index (κ1) is 12.7. The van der Waals surface area contributed by atoms with Crippen molar-refractivity contribution in [2.24, 2.45) is 0 Å². The van der Waals surface area contributed by atoms with E-state index in [-0.39, 0.29) is 22.6 Å². The SMILES string of the molecule is [2H]C1([2H])N(c2c(F)cc3c(c2F)C(=O)N(C2CCC(=O)NC2=O)C3=O)C([2H])([2H])C([2H])([2H])N(C(C)C)C1([2H])[2H]. The fraction of sp³-hybridized carbons (Fsp3) is 0.500. The summed E-state index contributed by atoms with van der Waals surface area (Å²) >= 11 is 0. The van der Waals surface area contributed by atoms with E-state index in [2.05, 4.69) is 0 Å². The summed E-state index contributed by atoms with van der Waals surface area (Å²) < 4.78 is 98.3. The maximum Gasteiger partial charge on any atom is 0.265 e. The van der Waals surface area contributed by atoms with Gasteiger partial charge in [-0.2, -0.15) is 0 Å². The number of piperidine rings is 1. The first-order valence-electron chi connectivity index (χ1n) is 13.1. The van der Waals surface area contributed by atoms with E-state index in [0.717, 1.165) is 0 Å². The van der Waals surface area contributed by atoms with Gasteiger partial charge in [0.25, 0.3) is 11.8 Å². The Bertz CT molecular complexity index is 1260. The summed E-state index contributed by atoms with van der Waals surface area (Å²) in [6.45, 7) is -11.4. The van der Waals surface area contributed by atoms with Crippen LogP contribution in [0.3, 0.4) is 0 Å². The topological polar surface area (TPSA) is 90.0 Å². The monoisotopic (exact) mass is 428 g/mol. The molecule has 3 heterocycles. The van der Waals surface area contributed by atoms with E-state index in [1.807, 2.05) is 5.32 Å². The number of halogens is 2. The molecule has 1 atom stereocenters. The van der Waals surface area contributed by atoms with Crippen LogP contribution >= 0.6 is 0 Å². The molecule has 2 saturated heterocycles. The fourth-order valence-electron chi connectivity index (χ4n) is 3.38. The molecular weight excluding hydrogens is 398 g/mol. The zero-order valence-electron chi connectivity index (χ0n) is 23.9. The predicted octanol–water partition coefficient (Wildman–Crippen LogP) is 0.896. The molecule has 8 nitrogen and oxygen atoms in total. The molecule has 1 unspecified atom stereocenters. The molecule has 1 aromatic rings. The van der Waals surface area contributed by atoms with Crippen LogP contribution in [-0.2, 0) is 9.59 Å². The van der Waals surface area contributed by atoms with Crippen LogP contribution in [0.15, 0.2) is 6.07 Å². The van der Waals surface area contributed by atoms with E-state index >= 15 is 8.78 Å². The van der Waals surface area contributed by atoms with Crippen molar-refractivity contribution in [1.82, 2.24) is 15.1 Å². The number of benzene rings is 1. The molecule has 1 N–H and O–H groups in total. The first-order chi connectivity index (χ1) is 17.2. The largest absolute Gasteiger partial charge is 0.364 e. The highest BCUT2D eigenvalue weighted by Crippen LogP contribution is 2.36. The number of hydrogen-bond donors (Lipinski definition) is 1. The fourth-order valence-corrected chi connectivity index (χ4v) is 3.38. The molecule has 2 fully saturated rings. The Morgan fingerprint density at radius 2 is 1.77 bits per heavy atom. The number of carbonyl (C=O) groups is 4. The molecule has 160 valence electrons. The smallest absolute Gasteiger partial charge is 0.265 e. The minimum absolute atomic E-state index is 0.253. The third-order valence-corrected chi connectivity index (χ3v) is 4.90. The summed E-state index contributed by atoms with van der Waals surface area (Å²) in [5, 5.41) is 1.93. The second-order valence-corrected chi connectivity index (χ2v) is 7.14. The summed E-state index contributed by atoms with van der Waals surface area (Å²) in [5.74, 6) is -8.14. The summed E-state index contributed by atoms with van der Waals surface area (Å²) in [7, 11) is 0. The summed E-state index contributed by atoms with van der Waals surface area (Å²) in [5.41, 5.74) is -3.59. The van der Waals surface area contributed by atoms with Gasteiger partial charge in [0.2, 0.25) is 11.8 Å². The third-order valence-electron chi connectivity index (χ3n) is 4.90. The van der Waals surface area contributed by atoms with Crippen LogP contribution in [-0.4, -0.2) is 71.5 Å². The zero-order chi connectivity index (χ0) is 28.9. The second-order valence-electron chi connectivity index (χ2n) is 7.14. The van der Waals surface area contributed by atoms with Crippen LogP contribution in [0, 0.1) is 11.6 Å². The van der Waals surface area contributed by atoms with Crippen LogP contribution < -0.4 is 10.2 Å². The van der Waals surface area contributed by atoms with Gasteiger partial charge in [-0.25, -0.2) is 8.78 Å². The highest BCUT2D eigenvalue weighted by Gasteiger charge is 2.47. The number of fused-ring (bicyclic) bond motifs is 1. The lowest BCUT2D eigenvalue weighted by Gasteiger charge is -2.38. The molecule has 10 heteroatoms. The Balaban J connectivity index is 1.92. The number of rotatable bonds is 3. The van der Waals surface area contributed by atoms with Crippen molar-refractivity contribution in [2.75, 3.05) is 30.9 Å². The van der Waals surface area contributed by atoms with Crippen LogP contribution in [0.5, 0.6) is 0 Å². The third kappa shape index (κ3) is 3.15. The molecule has 4 amide bonds. The van der Waals surface area contributed by atoms with Gasteiger partial charge in [-0.3, -0.25) is 34.3 Å². The molecule has 0 aromatic heterocycles. The minimum atomic E-state index is -3.63. The lowest BCUT2D eigenvalue weighted by atomic mass is 10.0. The van der Waals surface area contributed by atoms with Gasteiger partial charge in [-0.1, -0.05) is 0 Å². The molecular formula is C20H22F2N4O4. The van der Waals surface area contributed by atoms with Gasteiger partial charge in [-0.05, 0) is 26.3 Å². The van der Waals surface area contributed by atoms with Crippen molar-refractivity contribution in [2.45, 2.75) is 38.8 Å². The van der Waals surface area contributed by atoms with E-state index in [4.69, 9.17) is 11.0 Å². The summed E-state index contributed by atoms with van der Waals surface area (Å²) in [4.78, 5) is 50.0. The molecule has 0 spiro atoms. The van der Waals surface area contributed by atoms with Crippen LogP contribution in [0.2, 0.25) is 0 Å². The van der Waals surface area contributed by atoms with E-state index in [1.165, 1.54) is 13.8 Å².